The van der Waals surface area contributed by atoms with Crippen LogP contribution in [0.4, 0.5) is 5.82 Å². The van der Waals surface area contributed by atoms with Gasteiger partial charge in [0.2, 0.25) is 0 Å². The molecule has 0 aliphatic carbocycles. The summed E-state index contributed by atoms with van der Waals surface area (Å²) in [5.74, 6) is 0.211. The molecular weight excluding hydrogens is 140 g/mol. The van der Waals surface area contributed by atoms with Crippen molar-refractivity contribution < 1.29 is 0 Å². The molecule has 0 amide bonds. The summed E-state index contributed by atoms with van der Waals surface area (Å²) < 4.78 is 0. The first-order valence-electron chi connectivity index (χ1n) is 2.15. The summed E-state index contributed by atoms with van der Waals surface area (Å²) in [6, 6.07) is 1.79. The number of anilines is 1. The van der Waals surface area contributed by atoms with E-state index in [2.05, 4.69) is 10.2 Å². The van der Waals surface area contributed by atoms with Gasteiger partial charge in [0.15, 0.2) is 5.15 Å². The van der Waals surface area contributed by atoms with Gasteiger partial charge in [0.25, 0.3) is 0 Å². The molecule has 0 fully saturated rings. The number of aromatic amines is 1. The fourth-order valence-electron chi connectivity index (χ4n) is 0.439. The molecule has 0 bridgehead atoms. The van der Waals surface area contributed by atoms with Crippen molar-refractivity contribution in [3.8, 4) is 6.07 Å². The molecule has 4 nitrogen and oxygen atoms in total. The first-order chi connectivity index (χ1) is 4.25. The predicted octanol–water partition coefficient (Wildman–Crippen LogP) is 0.517. The fraction of sp³-hybridized carbons (Fsp3) is 0. The van der Waals surface area contributed by atoms with Gasteiger partial charge in [0.1, 0.15) is 17.5 Å². The molecular formula is C4H3ClN4. The lowest BCUT2D eigenvalue weighted by atomic mass is 10.4. The van der Waals surface area contributed by atoms with Gasteiger partial charge in [-0.05, 0) is 0 Å². The summed E-state index contributed by atoms with van der Waals surface area (Å²) in [4.78, 5) is 0. The van der Waals surface area contributed by atoms with E-state index >= 15 is 0 Å². The number of nitrogen functional groups attached to an aromatic ring is 1. The maximum absolute atomic E-state index is 8.31. The Kier molecular flexibility index (Phi) is 1.29. The summed E-state index contributed by atoms with van der Waals surface area (Å²) in [6.45, 7) is 0. The maximum Gasteiger partial charge on any atom is 0.170 e. The highest BCUT2D eigenvalue weighted by molar-refractivity contribution is 6.30. The number of rotatable bonds is 0. The van der Waals surface area contributed by atoms with Gasteiger partial charge in [-0.15, -0.1) is 0 Å². The van der Waals surface area contributed by atoms with Gasteiger partial charge in [0, 0.05) is 0 Å². The molecule has 1 aromatic heterocycles. The van der Waals surface area contributed by atoms with Crippen LogP contribution >= 0.6 is 11.6 Å². The van der Waals surface area contributed by atoms with Crippen LogP contribution in [-0.4, -0.2) is 10.2 Å². The Labute approximate surface area is 56.2 Å². The summed E-state index contributed by atoms with van der Waals surface area (Å²) >= 11 is 5.40. The molecule has 0 saturated carbocycles. The summed E-state index contributed by atoms with van der Waals surface area (Å²) in [5, 5.41) is 14.3. The van der Waals surface area contributed by atoms with Crippen LogP contribution < -0.4 is 5.73 Å². The zero-order valence-electron chi connectivity index (χ0n) is 4.35. The van der Waals surface area contributed by atoms with Gasteiger partial charge < -0.3 is 5.73 Å². The SMILES string of the molecule is N#Cc1c(Cl)n[nH]c1N. The number of nitrogens with zero attached hydrogens (tertiary/aromatic N) is 2. The van der Waals surface area contributed by atoms with Crippen molar-refractivity contribution in [1.82, 2.24) is 10.2 Å². The molecule has 0 atom stereocenters. The first-order valence-corrected chi connectivity index (χ1v) is 2.53. The lowest BCUT2D eigenvalue weighted by molar-refractivity contribution is 1.10. The monoisotopic (exact) mass is 142 g/mol. The number of nitrogens with one attached hydrogen (secondary N) is 1. The van der Waals surface area contributed by atoms with Crippen molar-refractivity contribution in [2.24, 2.45) is 0 Å². The molecule has 0 radical (unpaired) electrons. The summed E-state index contributed by atoms with van der Waals surface area (Å²) in [5.41, 5.74) is 5.43. The molecule has 3 N–H and O–H groups in total. The van der Waals surface area contributed by atoms with Crippen LogP contribution in [-0.2, 0) is 0 Å². The molecule has 0 spiro atoms. The number of hydrogen-bond acceptors (Lipinski definition) is 3. The van der Waals surface area contributed by atoms with E-state index in [9.17, 15) is 0 Å². The second kappa shape index (κ2) is 1.96. The molecule has 0 aromatic carbocycles. The Morgan fingerprint density at radius 2 is 2.44 bits per heavy atom. The number of nitrogens with two attached hydrogens (primary N) is 1. The first kappa shape index (κ1) is 5.92. The second-order valence-electron chi connectivity index (χ2n) is 1.41. The third-order valence-electron chi connectivity index (χ3n) is 0.862. The fourth-order valence-corrected chi connectivity index (χ4v) is 0.625. The quantitative estimate of drug-likeness (QED) is 0.554. The largest absolute Gasteiger partial charge is 0.383 e. The van der Waals surface area contributed by atoms with Gasteiger partial charge in [-0.1, -0.05) is 11.6 Å². The summed E-state index contributed by atoms with van der Waals surface area (Å²) in [7, 11) is 0. The van der Waals surface area contributed by atoms with Crippen LogP contribution in [0.3, 0.4) is 0 Å². The van der Waals surface area contributed by atoms with Crippen LogP contribution in [0.25, 0.3) is 0 Å². The van der Waals surface area contributed by atoms with Gasteiger partial charge in [-0.25, -0.2) is 0 Å². The van der Waals surface area contributed by atoms with Crippen LogP contribution in [0.1, 0.15) is 5.56 Å². The van der Waals surface area contributed by atoms with E-state index < -0.39 is 0 Å². The van der Waals surface area contributed by atoms with E-state index in [-0.39, 0.29) is 16.5 Å². The van der Waals surface area contributed by atoms with Crippen LogP contribution in [0.2, 0.25) is 5.15 Å². The van der Waals surface area contributed by atoms with Gasteiger partial charge in [0.05, 0.1) is 0 Å². The van der Waals surface area contributed by atoms with Crippen molar-refractivity contribution in [3.05, 3.63) is 10.7 Å². The predicted molar refractivity (Wildman–Crippen MR) is 32.7 cm³/mol. The number of H-pyrrole nitrogens is 1. The highest BCUT2D eigenvalue weighted by atomic mass is 35.5. The number of nitriles is 1. The average Bonchev–Trinajstić information content (AvgIpc) is 2.12. The second-order valence-corrected chi connectivity index (χ2v) is 1.77. The van der Waals surface area contributed by atoms with Gasteiger partial charge >= 0.3 is 0 Å². The zero-order valence-corrected chi connectivity index (χ0v) is 5.11. The maximum atomic E-state index is 8.31. The highest BCUT2D eigenvalue weighted by Crippen LogP contribution is 2.15. The molecule has 9 heavy (non-hydrogen) atoms. The normalized spacial score (nSPS) is 8.89. The summed E-state index contributed by atoms with van der Waals surface area (Å²) in [6.07, 6.45) is 0. The van der Waals surface area contributed by atoms with E-state index in [0.29, 0.717) is 0 Å². The Balaban J connectivity index is 3.27. The van der Waals surface area contributed by atoms with Crippen LogP contribution in [0.5, 0.6) is 0 Å². The lowest BCUT2D eigenvalue weighted by Crippen LogP contribution is -1.86. The Hall–Kier alpha value is -1.21. The van der Waals surface area contributed by atoms with E-state index in [4.69, 9.17) is 22.6 Å². The van der Waals surface area contributed by atoms with E-state index in [1.807, 2.05) is 0 Å². The smallest absolute Gasteiger partial charge is 0.170 e. The van der Waals surface area contributed by atoms with Crippen molar-refractivity contribution in [1.29, 1.82) is 5.26 Å². The minimum absolute atomic E-state index is 0.120. The molecule has 0 aliphatic rings. The third-order valence-corrected chi connectivity index (χ3v) is 1.14. The molecule has 1 heterocycles. The molecule has 46 valence electrons. The highest BCUT2D eigenvalue weighted by Gasteiger charge is 2.05. The molecule has 1 aromatic rings. The molecule has 1 rings (SSSR count). The zero-order chi connectivity index (χ0) is 6.85. The number of halogens is 1. The van der Waals surface area contributed by atoms with E-state index in [1.165, 1.54) is 0 Å². The number of aromatic nitrogens is 2. The minimum atomic E-state index is 0.120. The minimum Gasteiger partial charge on any atom is -0.383 e. The molecule has 0 saturated heterocycles. The van der Waals surface area contributed by atoms with Crippen molar-refractivity contribution in [3.63, 3.8) is 0 Å². The molecule has 5 heteroatoms. The van der Waals surface area contributed by atoms with E-state index in [0.717, 1.165) is 0 Å². The Bertz CT molecular complexity index is 239. The van der Waals surface area contributed by atoms with Crippen LogP contribution in [0, 0.1) is 11.3 Å². The van der Waals surface area contributed by atoms with Crippen molar-refractivity contribution in [2.75, 3.05) is 5.73 Å². The third kappa shape index (κ3) is 0.819. The number of hydrogen-bond donors (Lipinski definition) is 2. The average molecular weight is 143 g/mol. The standard InChI is InChI=1S/C4H3ClN4/c5-3-2(1-6)4(7)9-8-3/h(H3,7,8,9). The molecule has 0 unspecified atom stereocenters. The lowest BCUT2D eigenvalue weighted by Gasteiger charge is -1.79. The van der Waals surface area contributed by atoms with Crippen molar-refractivity contribution in [2.45, 2.75) is 0 Å². The Morgan fingerprint density at radius 3 is 2.67 bits per heavy atom. The topological polar surface area (TPSA) is 78.5 Å². The van der Waals surface area contributed by atoms with Gasteiger partial charge in [-0.2, -0.15) is 10.4 Å². The van der Waals surface area contributed by atoms with Gasteiger partial charge in [-0.3, -0.25) is 5.10 Å². The van der Waals surface area contributed by atoms with Crippen LogP contribution in [0.15, 0.2) is 0 Å². The Morgan fingerprint density at radius 1 is 1.78 bits per heavy atom. The van der Waals surface area contributed by atoms with E-state index in [1.54, 1.807) is 6.07 Å². The van der Waals surface area contributed by atoms with Crippen molar-refractivity contribution >= 4 is 17.4 Å². The molecule has 0 aliphatic heterocycles.